The first-order chi connectivity index (χ1) is 8.74. The number of aromatic nitrogens is 3. The van der Waals surface area contributed by atoms with Crippen LogP contribution in [0.1, 0.15) is 10.4 Å². The van der Waals surface area contributed by atoms with E-state index in [0.29, 0.717) is 11.3 Å². The lowest BCUT2D eigenvalue weighted by atomic mass is 10.3. The lowest BCUT2D eigenvalue weighted by Crippen LogP contribution is -2.11. The highest BCUT2D eigenvalue weighted by molar-refractivity contribution is 9.10. The van der Waals surface area contributed by atoms with Crippen LogP contribution in [0.5, 0.6) is 0 Å². The summed E-state index contributed by atoms with van der Waals surface area (Å²) in [5.41, 5.74) is 2.13. The van der Waals surface area contributed by atoms with Crippen molar-refractivity contribution < 1.29 is 4.79 Å². The van der Waals surface area contributed by atoms with E-state index in [-0.39, 0.29) is 5.91 Å². The topological polar surface area (TPSA) is 62.2 Å². The Morgan fingerprint density at radius 1 is 1.39 bits per heavy atom. The molecular formula is C12H9BrN4O. The number of anilines is 1. The van der Waals surface area contributed by atoms with E-state index >= 15 is 0 Å². The molecule has 0 aliphatic carbocycles. The van der Waals surface area contributed by atoms with E-state index in [0.717, 1.165) is 10.3 Å². The van der Waals surface area contributed by atoms with Gasteiger partial charge in [0.05, 0.1) is 17.4 Å². The molecule has 90 valence electrons. The van der Waals surface area contributed by atoms with Gasteiger partial charge in [0, 0.05) is 18.6 Å². The minimum Gasteiger partial charge on any atom is -0.367 e. The van der Waals surface area contributed by atoms with Gasteiger partial charge in [0.25, 0.3) is 5.91 Å². The second kappa shape index (κ2) is 4.30. The maximum absolute atomic E-state index is 11.9. The third kappa shape index (κ3) is 1.91. The first-order valence-electron chi connectivity index (χ1n) is 5.31. The Bertz CT molecular complexity index is 702. The van der Waals surface area contributed by atoms with Gasteiger partial charge >= 0.3 is 0 Å². The first kappa shape index (κ1) is 11.0. The fourth-order valence-corrected chi connectivity index (χ4v) is 2.08. The first-order valence-corrected chi connectivity index (χ1v) is 6.10. The number of imidazole rings is 1. The molecule has 3 heterocycles. The summed E-state index contributed by atoms with van der Waals surface area (Å²) < 4.78 is 2.70. The molecule has 0 spiro atoms. The Balaban J connectivity index is 1.91. The molecule has 0 atom stereocenters. The maximum Gasteiger partial charge on any atom is 0.257 e. The summed E-state index contributed by atoms with van der Waals surface area (Å²) in [4.78, 5) is 18.9. The molecule has 0 aromatic carbocycles. The highest BCUT2D eigenvalue weighted by Gasteiger charge is 2.07. The predicted octanol–water partition coefficient (Wildman–Crippen LogP) is 2.68. The molecule has 6 heteroatoms. The van der Waals surface area contributed by atoms with Gasteiger partial charge in [-0.05, 0) is 34.1 Å². The van der Waals surface area contributed by atoms with Gasteiger partial charge < -0.3 is 10.3 Å². The standard InChI is InChI=1S/C12H9BrN4O/c13-10-6-15-11-2-1-9(7-17(10)11)16-12(18)8-3-4-14-5-8/h1-7,14H,(H,16,18). The van der Waals surface area contributed by atoms with Crippen LogP contribution in [-0.2, 0) is 0 Å². The number of hydrogen-bond acceptors (Lipinski definition) is 2. The molecule has 0 aliphatic heterocycles. The van der Waals surface area contributed by atoms with Gasteiger partial charge in [-0.15, -0.1) is 0 Å². The van der Waals surface area contributed by atoms with E-state index in [1.807, 2.05) is 22.7 Å². The maximum atomic E-state index is 11.9. The summed E-state index contributed by atoms with van der Waals surface area (Å²) in [6, 6.07) is 5.39. The fraction of sp³-hybridized carbons (Fsp3) is 0. The quantitative estimate of drug-likeness (QED) is 0.764. The summed E-state index contributed by atoms with van der Waals surface area (Å²) in [5.74, 6) is -0.146. The van der Waals surface area contributed by atoms with Crippen molar-refractivity contribution in [1.29, 1.82) is 0 Å². The Kier molecular flexibility index (Phi) is 2.64. The number of aromatic amines is 1. The minimum atomic E-state index is -0.146. The van der Waals surface area contributed by atoms with Gasteiger partial charge in [0.1, 0.15) is 10.3 Å². The third-order valence-corrected chi connectivity index (χ3v) is 3.17. The Labute approximate surface area is 111 Å². The van der Waals surface area contributed by atoms with Crippen LogP contribution >= 0.6 is 15.9 Å². The van der Waals surface area contributed by atoms with Crippen LogP contribution in [0.3, 0.4) is 0 Å². The lowest BCUT2D eigenvalue weighted by molar-refractivity contribution is 0.102. The van der Waals surface area contributed by atoms with Crippen molar-refractivity contribution in [3.63, 3.8) is 0 Å². The molecule has 0 radical (unpaired) electrons. The Morgan fingerprint density at radius 3 is 3.06 bits per heavy atom. The van der Waals surface area contributed by atoms with E-state index in [1.54, 1.807) is 24.7 Å². The highest BCUT2D eigenvalue weighted by atomic mass is 79.9. The SMILES string of the molecule is O=C(Nc1ccc2ncc(Br)n2c1)c1cc[nH]c1. The summed E-state index contributed by atoms with van der Waals surface area (Å²) in [6.07, 6.45) is 6.90. The molecule has 0 saturated heterocycles. The number of fused-ring (bicyclic) bond motifs is 1. The van der Waals surface area contributed by atoms with Gasteiger partial charge in [-0.2, -0.15) is 0 Å². The molecule has 0 saturated carbocycles. The van der Waals surface area contributed by atoms with Crippen molar-refractivity contribution in [1.82, 2.24) is 14.4 Å². The third-order valence-electron chi connectivity index (χ3n) is 2.58. The molecular weight excluding hydrogens is 296 g/mol. The number of nitrogens with one attached hydrogen (secondary N) is 2. The van der Waals surface area contributed by atoms with Crippen LogP contribution in [0.2, 0.25) is 0 Å². The minimum absolute atomic E-state index is 0.146. The van der Waals surface area contributed by atoms with Gasteiger partial charge in [-0.3, -0.25) is 9.20 Å². The fourth-order valence-electron chi connectivity index (χ4n) is 1.69. The second-order valence-corrected chi connectivity index (χ2v) is 4.59. The molecule has 0 bridgehead atoms. The summed E-state index contributed by atoms with van der Waals surface area (Å²) in [7, 11) is 0. The van der Waals surface area contributed by atoms with E-state index < -0.39 is 0 Å². The summed E-state index contributed by atoms with van der Waals surface area (Å²) >= 11 is 3.39. The second-order valence-electron chi connectivity index (χ2n) is 3.78. The number of halogens is 1. The Hall–Kier alpha value is -2.08. The number of pyridine rings is 1. The number of carbonyl (C=O) groups is 1. The van der Waals surface area contributed by atoms with Crippen LogP contribution in [0.25, 0.3) is 5.65 Å². The summed E-state index contributed by atoms with van der Waals surface area (Å²) in [5, 5.41) is 2.83. The van der Waals surface area contributed by atoms with Crippen LogP contribution in [0.4, 0.5) is 5.69 Å². The van der Waals surface area contributed by atoms with Gasteiger partial charge in [-0.25, -0.2) is 4.98 Å². The van der Waals surface area contributed by atoms with Gasteiger partial charge in [0.15, 0.2) is 0 Å². The average Bonchev–Trinajstić information content (AvgIpc) is 3.00. The van der Waals surface area contributed by atoms with Crippen LogP contribution in [0.15, 0.2) is 47.6 Å². The zero-order valence-corrected chi connectivity index (χ0v) is 10.8. The summed E-state index contributed by atoms with van der Waals surface area (Å²) in [6.45, 7) is 0. The number of nitrogens with zero attached hydrogens (tertiary/aromatic N) is 2. The smallest absolute Gasteiger partial charge is 0.257 e. The lowest BCUT2D eigenvalue weighted by Gasteiger charge is -2.04. The van der Waals surface area contributed by atoms with Gasteiger partial charge in [-0.1, -0.05) is 0 Å². The largest absolute Gasteiger partial charge is 0.367 e. The monoisotopic (exact) mass is 304 g/mol. The molecule has 0 fully saturated rings. The van der Waals surface area contributed by atoms with Crippen LogP contribution < -0.4 is 5.32 Å². The van der Waals surface area contributed by atoms with E-state index in [9.17, 15) is 4.79 Å². The van der Waals surface area contributed by atoms with Crippen LogP contribution in [0, 0.1) is 0 Å². The molecule has 3 aromatic heterocycles. The molecule has 1 amide bonds. The average molecular weight is 305 g/mol. The molecule has 3 aromatic rings. The van der Waals surface area contributed by atoms with Crippen molar-refractivity contribution >= 4 is 33.2 Å². The molecule has 2 N–H and O–H groups in total. The highest BCUT2D eigenvalue weighted by Crippen LogP contribution is 2.17. The molecule has 3 rings (SSSR count). The molecule has 5 nitrogen and oxygen atoms in total. The zero-order chi connectivity index (χ0) is 12.5. The molecule has 0 unspecified atom stereocenters. The van der Waals surface area contributed by atoms with Crippen molar-refractivity contribution in [2.75, 3.05) is 5.32 Å². The molecule has 0 aliphatic rings. The Morgan fingerprint density at radius 2 is 2.28 bits per heavy atom. The van der Waals surface area contributed by atoms with Crippen molar-refractivity contribution in [2.45, 2.75) is 0 Å². The van der Waals surface area contributed by atoms with E-state index in [1.165, 1.54) is 0 Å². The zero-order valence-electron chi connectivity index (χ0n) is 9.22. The normalized spacial score (nSPS) is 10.7. The van der Waals surface area contributed by atoms with Crippen molar-refractivity contribution in [2.24, 2.45) is 0 Å². The van der Waals surface area contributed by atoms with Gasteiger partial charge in [0.2, 0.25) is 0 Å². The molecule has 18 heavy (non-hydrogen) atoms. The van der Waals surface area contributed by atoms with E-state index in [2.05, 4.69) is 31.2 Å². The number of carbonyl (C=O) groups excluding carboxylic acids is 1. The number of amides is 1. The predicted molar refractivity (Wildman–Crippen MR) is 71.6 cm³/mol. The number of hydrogen-bond donors (Lipinski definition) is 2. The number of rotatable bonds is 2. The van der Waals surface area contributed by atoms with Crippen molar-refractivity contribution in [3.8, 4) is 0 Å². The van der Waals surface area contributed by atoms with Crippen LogP contribution in [-0.4, -0.2) is 20.3 Å². The number of H-pyrrole nitrogens is 1. The van der Waals surface area contributed by atoms with E-state index in [4.69, 9.17) is 0 Å². The van der Waals surface area contributed by atoms with Crippen molar-refractivity contribution in [3.05, 3.63) is 53.2 Å².